The number of primary amides is 2. The lowest BCUT2D eigenvalue weighted by molar-refractivity contribution is -0.139. The molecule has 0 radical (unpaired) electrons. The maximum atomic E-state index is 11.8. The van der Waals surface area contributed by atoms with Crippen LogP contribution in [-0.4, -0.2) is 24.2 Å². The summed E-state index contributed by atoms with van der Waals surface area (Å²) < 4.78 is 13.2. The Morgan fingerprint density at radius 2 is 1.50 bits per heavy atom. The molecule has 1 atom stereocenters. The number of halogens is 3. The molecule has 0 spiro atoms. The van der Waals surface area contributed by atoms with E-state index in [4.69, 9.17) is 20.9 Å². The molecule has 0 aromatic heterocycles. The molecule has 0 saturated carbocycles. The molecule has 120 valence electrons. The maximum Gasteiger partial charge on any atom is 0.250 e. The second kappa shape index (κ2) is 6.64. The molecule has 4 N–H and O–H groups in total. The summed E-state index contributed by atoms with van der Waals surface area (Å²) in [6, 6.07) is 0. The maximum absolute atomic E-state index is 11.8. The first-order valence-corrected chi connectivity index (χ1v) is 9.42. The molecule has 1 heterocycles. The zero-order valence-electron chi connectivity index (χ0n) is 11.7. The lowest BCUT2D eigenvalue weighted by Crippen LogP contribution is -2.25. The van der Waals surface area contributed by atoms with Crippen molar-refractivity contribution in [3.05, 3.63) is 27.4 Å². The summed E-state index contributed by atoms with van der Waals surface area (Å²) >= 11 is 6.03. The van der Waals surface area contributed by atoms with Crippen molar-refractivity contribution in [3.63, 3.8) is 0 Å². The van der Waals surface area contributed by atoms with Gasteiger partial charge in [-0.05, 0) is 81.6 Å². The third kappa shape index (κ3) is 3.37. The van der Waals surface area contributed by atoms with Crippen molar-refractivity contribution in [1.29, 1.82) is 0 Å². The van der Waals surface area contributed by atoms with Crippen LogP contribution in [0.5, 0.6) is 0 Å². The molecule has 1 aromatic rings. The molecule has 1 aliphatic heterocycles. The zero-order chi connectivity index (χ0) is 16.8. The number of rotatable bonds is 3. The molecule has 1 aliphatic rings. The Balaban J connectivity index is 2.73. The van der Waals surface area contributed by atoms with Gasteiger partial charge in [-0.1, -0.05) is 0 Å². The van der Waals surface area contributed by atoms with Crippen molar-refractivity contribution in [2.75, 3.05) is 6.61 Å². The fraction of sp³-hybridized carbons (Fsp3) is 0.385. The average molecular weight is 642 g/mol. The number of carbonyl (C=O) groups excluding carboxylic acids is 2. The van der Waals surface area contributed by atoms with Gasteiger partial charge in [0.15, 0.2) is 5.79 Å². The lowest BCUT2D eigenvalue weighted by Gasteiger charge is -2.21. The Morgan fingerprint density at radius 3 is 1.82 bits per heavy atom. The fourth-order valence-electron chi connectivity index (χ4n) is 2.23. The molecule has 1 fully saturated rings. The quantitative estimate of drug-likeness (QED) is 0.495. The Kier molecular flexibility index (Phi) is 5.62. The topological polar surface area (TPSA) is 105 Å². The molecule has 1 unspecified atom stereocenters. The number of benzene rings is 1. The van der Waals surface area contributed by atoms with Crippen LogP contribution < -0.4 is 11.5 Å². The molecule has 6 nitrogen and oxygen atoms in total. The van der Waals surface area contributed by atoms with Crippen LogP contribution in [0.1, 0.15) is 46.2 Å². The molecule has 0 bridgehead atoms. The number of hydrogen-bond donors (Lipinski definition) is 2. The van der Waals surface area contributed by atoms with Crippen molar-refractivity contribution >= 4 is 79.6 Å². The molecule has 0 aliphatic carbocycles. The zero-order valence-corrected chi connectivity index (χ0v) is 18.2. The average Bonchev–Trinajstić information content (AvgIpc) is 2.67. The summed E-state index contributed by atoms with van der Waals surface area (Å²) in [5, 5.41) is 0. The van der Waals surface area contributed by atoms with E-state index in [-0.39, 0.29) is 6.10 Å². The van der Waals surface area contributed by atoms with E-state index < -0.39 is 17.6 Å². The lowest BCUT2D eigenvalue weighted by atomic mass is 10.0. The van der Waals surface area contributed by atoms with Crippen molar-refractivity contribution in [2.45, 2.75) is 25.7 Å². The monoisotopic (exact) mass is 642 g/mol. The molecular weight excluding hydrogens is 629 g/mol. The minimum atomic E-state index is -0.723. The first kappa shape index (κ1) is 18.6. The first-order valence-electron chi connectivity index (χ1n) is 6.18. The highest BCUT2D eigenvalue weighted by Crippen LogP contribution is 2.41. The third-order valence-corrected chi connectivity index (χ3v) is 6.49. The third-order valence-electron chi connectivity index (χ3n) is 3.17. The Bertz CT molecular complexity index is 635. The number of nitrogens with two attached hydrogens (primary N) is 2. The van der Waals surface area contributed by atoms with Crippen LogP contribution in [0.3, 0.4) is 0 Å². The smallest absolute Gasteiger partial charge is 0.250 e. The Morgan fingerprint density at radius 1 is 1.05 bits per heavy atom. The van der Waals surface area contributed by atoms with Gasteiger partial charge in [-0.2, -0.15) is 0 Å². The molecule has 2 rings (SSSR count). The Labute approximate surface area is 168 Å². The van der Waals surface area contributed by atoms with Gasteiger partial charge in [-0.15, -0.1) is 0 Å². The molecule has 1 saturated heterocycles. The SMILES string of the molecule is CC1(C)OCC(c2c(I)c(C(N)=O)c(I)c(C(N)=O)c2I)O1. The van der Waals surface area contributed by atoms with E-state index >= 15 is 0 Å². The number of carbonyl (C=O) groups is 2. The van der Waals surface area contributed by atoms with E-state index in [1.165, 1.54) is 0 Å². The van der Waals surface area contributed by atoms with E-state index in [0.717, 1.165) is 5.56 Å². The van der Waals surface area contributed by atoms with Crippen LogP contribution in [0.2, 0.25) is 0 Å². The van der Waals surface area contributed by atoms with E-state index in [0.29, 0.717) is 28.4 Å². The van der Waals surface area contributed by atoms with E-state index in [2.05, 4.69) is 45.2 Å². The van der Waals surface area contributed by atoms with Gasteiger partial charge in [0.1, 0.15) is 6.10 Å². The number of hydrogen-bond acceptors (Lipinski definition) is 4. The summed E-state index contributed by atoms with van der Waals surface area (Å²) in [6.45, 7) is 3.95. The van der Waals surface area contributed by atoms with Crippen molar-refractivity contribution < 1.29 is 19.1 Å². The second-order valence-corrected chi connectivity index (χ2v) is 8.39. The second-order valence-electron chi connectivity index (χ2n) is 5.15. The van der Waals surface area contributed by atoms with Crippen LogP contribution in [0.4, 0.5) is 0 Å². The van der Waals surface area contributed by atoms with Crippen molar-refractivity contribution in [3.8, 4) is 0 Å². The molecule has 1 aromatic carbocycles. The van der Waals surface area contributed by atoms with Gasteiger partial charge in [-0.3, -0.25) is 9.59 Å². The normalized spacial score (nSPS) is 20.1. The van der Waals surface area contributed by atoms with E-state index in [1.54, 1.807) is 0 Å². The standard InChI is InChI=1S/C13H13I3N2O4/c1-13(2)21-3-4(22-13)5-8(14)6(11(17)19)10(16)7(9(5)15)12(18)20/h4H,3H2,1-2H3,(H2,17,19)(H2,18,20). The van der Waals surface area contributed by atoms with Gasteiger partial charge in [0.25, 0.3) is 11.8 Å². The summed E-state index contributed by atoms with van der Waals surface area (Å²) in [6.07, 6.45) is -0.387. The predicted molar refractivity (Wildman–Crippen MR) is 105 cm³/mol. The molecular formula is C13H13I3N2O4. The molecule has 22 heavy (non-hydrogen) atoms. The minimum absolute atomic E-state index is 0.290. The van der Waals surface area contributed by atoms with Crippen molar-refractivity contribution in [1.82, 2.24) is 0 Å². The van der Waals surface area contributed by atoms with Gasteiger partial charge in [-0.25, -0.2) is 0 Å². The molecule has 9 heteroatoms. The summed E-state index contributed by atoms with van der Waals surface area (Å²) in [7, 11) is 0. The van der Waals surface area contributed by atoms with Crippen LogP contribution in [0.25, 0.3) is 0 Å². The Hall–Kier alpha value is 0.270. The summed E-state index contributed by atoms with van der Waals surface area (Å²) in [5.41, 5.74) is 12.3. The number of amides is 2. The van der Waals surface area contributed by atoms with Gasteiger partial charge in [0.05, 0.1) is 17.7 Å². The van der Waals surface area contributed by atoms with Crippen LogP contribution in [0, 0.1) is 10.7 Å². The van der Waals surface area contributed by atoms with Crippen LogP contribution >= 0.6 is 67.8 Å². The van der Waals surface area contributed by atoms with Gasteiger partial charge >= 0.3 is 0 Å². The van der Waals surface area contributed by atoms with Crippen LogP contribution in [-0.2, 0) is 9.47 Å². The van der Waals surface area contributed by atoms with Crippen molar-refractivity contribution in [2.24, 2.45) is 11.5 Å². The van der Waals surface area contributed by atoms with Gasteiger partial charge in [0, 0.05) is 16.3 Å². The number of ether oxygens (including phenoxy) is 2. The van der Waals surface area contributed by atoms with E-state index in [1.807, 2.05) is 36.4 Å². The largest absolute Gasteiger partial charge is 0.366 e. The summed E-state index contributed by atoms with van der Waals surface area (Å²) in [5.74, 6) is -1.93. The minimum Gasteiger partial charge on any atom is -0.366 e. The first-order chi connectivity index (χ1) is 10.1. The predicted octanol–water partition coefficient (Wildman–Crippen LogP) is 2.52. The van der Waals surface area contributed by atoms with Gasteiger partial charge in [0.2, 0.25) is 0 Å². The van der Waals surface area contributed by atoms with Crippen LogP contribution in [0.15, 0.2) is 0 Å². The highest BCUT2D eigenvalue weighted by atomic mass is 127. The molecule has 2 amide bonds. The van der Waals surface area contributed by atoms with Gasteiger partial charge < -0.3 is 20.9 Å². The fourth-order valence-corrected chi connectivity index (χ4v) is 7.15. The van der Waals surface area contributed by atoms with E-state index in [9.17, 15) is 9.59 Å². The highest BCUT2D eigenvalue weighted by molar-refractivity contribution is 14.1. The highest BCUT2D eigenvalue weighted by Gasteiger charge is 2.38. The summed E-state index contributed by atoms with van der Waals surface area (Å²) in [4.78, 5) is 23.6.